The molecule has 1 saturated carbocycles. The minimum absolute atomic E-state index is 0.184. The summed E-state index contributed by atoms with van der Waals surface area (Å²) < 4.78 is 6.83. The zero-order valence-corrected chi connectivity index (χ0v) is 14.7. The van der Waals surface area contributed by atoms with E-state index >= 15 is 0 Å². The summed E-state index contributed by atoms with van der Waals surface area (Å²) in [6, 6.07) is 1.29. The molecule has 3 rings (SSSR count). The highest BCUT2D eigenvalue weighted by atomic mass is 16.5. The van der Waals surface area contributed by atoms with Crippen molar-refractivity contribution in [2.75, 3.05) is 20.3 Å². The van der Waals surface area contributed by atoms with Crippen molar-refractivity contribution in [3.63, 3.8) is 0 Å². The highest BCUT2D eigenvalue weighted by Gasteiger charge is 2.30. The number of carbonyl (C=O) groups excluding carboxylic acids is 2. The topological polar surface area (TPSA) is 102 Å². The van der Waals surface area contributed by atoms with Gasteiger partial charge in [-0.05, 0) is 25.3 Å². The number of carbonyl (C=O) groups is 2. The number of aromatic nitrogens is 2. The van der Waals surface area contributed by atoms with E-state index in [1.807, 2.05) is 15.6 Å². The number of hydrogen-bond acceptors (Lipinski definition) is 5. The third-order valence-corrected chi connectivity index (χ3v) is 4.96. The van der Waals surface area contributed by atoms with E-state index in [4.69, 9.17) is 10.5 Å². The lowest BCUT2D eigenvalue weighted by Gasteiger charge is -2.30. The maximum atomic E-state index is 12.5. The Balaban J connectivity index is 1.59. The number of nitrogens with one attached hydrogen (secondary N) is 1. The lowest BCUT2D eigenvalue weighted by molar-refractivity contribution is -0.138. The number of fused-ring (bicyclic) bond motifs is 1. The molecular formula is C17H27N5O3. The highest BCUT2D eigenvalue weighted by molar-refractivity contribution is 5.81. The summed E-state index contributed by atoms with van der Waals surface area (Å²) in [6.45, 7) is 2.69. The van der Waals surface area contributed by atoms with Crippen molar-refractivity contribution in [3.8, 4) is 0 Å². The van der Waals surface area contributed by atoms with E-state index in [-0.39, 0.29) is 24.3 Å². The molecule has 2 heterocycles. The fourth-order valence-corrected chi connectivity index (χ4v) is 3.27. The SMILES string of the molecule is COC[C@@H](N)C(=O)NCc1cc2n(n1)CCCN(C(=O)C1CCC1)C2. The Morgan fingerprint density at radius 1 is 1.40 bits per heavy atom. The molecule has 0 aromatic carbocycles. The van der Waals surface area contributed by atoms with Gasteiger partial charge in [-0.15, -0.1) is 0 Å². The van der Waals surface area contributed by atoms with Crippen molar-refractivity contribution >= 4 is 11.8 Å². The number of methoxy groups -OCH3 is 1. The molecule has 25 heavy (non-hydrogen) atoms. The fourth-order valence-electron chi connectivity index (χ4n) is 3.27. The van der Waals surface area contributed by atoms with Gasteiger partial charge in [-0.25, -0.2) is 0 Å². The molecular weight excluding hydrogens is 322 g/mol. The molecule has 1 aliphatic heterocycles. The second kappa shape index (κ2) is 7.97. The average molecular weight is 349 g/mol. The first-order valence-corrected chi connectivity index (χ1v) is 8.95. The summed E-state index contributed by atoms with van der Waals surface area (Å²) in [7, 11) is 1.51. The van der Waals surface area contributed by atoms with Crippen molar-refractivity contribution in [2.45, 2.75) is 51.4 Å². The minimum Gasteiger partial charge on any atom is -0.383 e. The number of rotatable bonds is 6. The van der Waals surface area contributed by atoms with Gasteiger partial charge in [0.1, 0.15) is 6.04 Å². The predicted octanol–water partition coefficient (Wildman–Crippen LogP) is 0.00540. The summed E-state index contributed by atoms with van der Waals surface area (Å²) in [6.07, 6.45) is 4.11. The van der Waals surface area contributed by atoms with Crippen LogP contribution >= 0.6 is 0 Å². The summed E-state index contributed by atoms with van der Waals surface area (Å²) in [5.74, 6) is 0.239. The molecule has 8 nitrogen and oxygen atoms in total. The average Bonchev–Trinajstić information content (AvgIpc) is 2.81. The molecule has 1 fully saturated rings. The molecule has 1 aromatic rings. The first kappa shape index (κ1) is 17.9. The largest absolute Gasteiger partial charge is 0.383 e. The summed E-state index contributed by atoms with van der Waals surface area (Å²) in [4.78, 5) is 26.3. The second-order valence-corrected chi connectivity index (χ2v) is 6.87. The Hall–Kier alpha value is -1.93. The van der Waals surface area contributed by atoms with Gasteiger partial charge in [0.05, 0.1) is 31.1 Å². The zero-order valence-electron chi connectivity index (χ0n) is 14.7. The van der Waals surface area contributed by atoms with E-state index in [1.165, 1.54) is 7.11 Å². The van der Waals surface area contributed by atoms with Crippen LogP contribution in [0.1, 0.15) is 37.1 Å². The van der Waals surface area contributed by atoms with Crippen molar-refractivity contribution in [1.29, 1.82) is 0 Å². The smallest absolute Gasteiger partial charge is 0.239 e. The number of aryl methyl sites for hydroxylation is 1. The number of nitrogens with two attached hydrogens (primary N) is 1. The van der Waals surface area contributed by atoms with E-state index in [2.05, 4.69) is 10.4 Å². The minimum atomic E-state index is -0.680. The normalized spacial score (nSPS) is 18.9. The number of amides is 2. The molecule has 3 N–H and O–H groups in total. The molecule has 0 radical (unpaired) electrons. The molecule has 1 atom stereocenters. The van der Waals surface area contributed by atoms with E-state index in [1.54, 1.807) is 0 Å². The van der Waals surface area contributed by atoms with Crippen molar-refractivity contribution < 1.29 is 14.3 Å². The van der Waals surface area contributed by atoms with Crippen LogP contribution in [-0.2, 0) is 34.0 Å². The number of hydrogen-bond donors (Lipinski definition) is 2. The van der Waals surface area contributed by atoms with Gasteiger partial charge in [-0.3, -0.25) is 14.3 Å². The Bertz CT molecular complexity index is 626. The summed E-state index contributed by atoms with van der Waals surface area (Å²) >= 11 is 0. The second-order valence-electron chi connectivity index (χ2n) is 6.87. The van der Waals surface area contributed by atoms with Crippen molar-refractivity contribution in [3.05, 3.63) is 17.5 Å². The van der Waals surface area contributed by atoms with Gasteiger partial charge in [0.25, 0.3) is 0 Å². The van der Waals surface area contributed by atoms with Gasteiger partial charge >= 0.3 is 0 Å². The van der Waals surface area contributed by atoms with Crippen LogP contribution in [-0.4, -0.2) is 52.8 Å². The molecule has 1 aromatic heterocycles. The Labute approximate surface area is 147 Å². The summed E-state index contributed by atoms with van der Waals surface area (Å²) in [5, 5.41) is 7.33. The van der Waals surface area contributed by atoms with Gasteiger partial charge in [0, 0.05) is 26.1 Å². The maximum absolute atomic E-state index is 12.5. The molecule has 0 unspecified atom stereocenters. The van der Waals surface area contributed by atoms with Gasteiger partial charge in [-0.2, -0.15) is 5.10 Å². The molecule has 0 spiro atoms. The van der Waals surface area contributed by atoms with Crippen LogP contribution in [0.25, 0.3) is 0 Å². The van der Waals surface area contributed by atoms with E-state index in [9.17, 15) is 9.59 Å². The van der Waals surface area contributed by atoms with Gasteiger partial charge in [-0.1, -0.05) is 6.42 Å². The standard InChI is InChI=1S/C17H27N5O3/c1-25-11-15(18)16(23)19-9-13-8-14-10-21(6-3-7-22(14)20-13)17(24)12-4-2-5-12/h8,12,15H,2-7,9-11,18H2,1H3,(H,19,23)/t15-/m1/s1. The van der Waals surface area contributed by atoms with Gasteiger partial charge in [0.15, 0.2) is 0 Å². The van der Waals surface area contributed by atoms with Crippen molar-refractivity contribution in [1.82, 2.24) is 20.0 Å². The molecule has 2 amide bonds. The Kier molecular flexibility index (Phi) is 5.70. The number of ether oxygens (including phenoxy) is 1. The first-order chi connectivity index (χ1) is 12.1. The van der Waals surface area contributed by atoms with Gasteiger partial charge in [0.2, 0.25) is 11.8 Å². The summed E-state index contributed by atoms with van der Waals surface area (Å²) in [5.41, 5.74) is 7.51. The quantitative estimate of drug-likeness (QED) is 0.753. The third-order valence-electron chi connectivity index (χ3n) is 4.96. The van der Waals surface area contributed by atoms with E-state index in [0.717, 1.165) is 50.2 Å². The molecule has 0 bridgehead atoms. The van der Waals surface area contributed by atoms with E-state index in [0.29, 0.717) is 13.1 Å². The van der Waals surface area contributed by atoms with Crippen LogP contribution in [0.3, 0.4) is 0 Å². The molecule has 2 aliphatic rings. The molecule has 138 valence electrons. The predicted molar refractivity (Wildman–Crippen MR) is 91.3 cm³/mol. The molecule has 0 saturated heterocycles. The van der Waals surface area contributed by atoms with Crippen LogP contribution in [0.4, 0.5) is 0 Å². The lowest BCUT2D eigenvalue weighted by Crippen LogP contribution is -2.43. The maximum Gasteiger partial charge on any atom is 0.239 e. The Morgan fingerprint density at radius 2 is 2.20 bits per heavy atom. The highest BCUT2D eigenvalue weighted by Crippen LogP contribution is 2.29. The molecule has 8 heteroatoms. The first-order valence-electron chi connectivity index (χ1n) is 8.95. The van der Waals surface area contributed by atoms with Crippen LogP contribution in [0.15, 0.2) is 6.07 Å². The monoisotopic (exact) mass is 349 g/mol. The molecule has 1 aliphatic carbocycles. The fraction of sp³-hybridized carbons (Fsp3) is 0.706. The van der Waals surface area contributed by atoms with Crippen molar-refractivity contribution in [2.24, 2.45) is 11.7 Å². The number of nitrogens with zero attached hydrogens (tertiary/aromatic N) is 3. The van der Waals surface area contributed by atoms with E-state index < -0.39 is 6.04 Å². The van der Waals surface area contributed by atoms with Gasteiger partial charge < -0.3 is 20.7 Å². The third kappa shape index (κ3) is 4.19. The zero-order chi connectivity index (χ0) is 17.8. The van der Waals surface area contributed by atoms with Crippen LogP contribution in [0.5, 0.6) is 0 Å². The Morgan fingerprint density at radius 3 is 2.88 bits per heavy atom. The van der Waals surface area contributed by atoms with Crippen LogP contribution in [0, 0.1) is 5.92 Å². The van der Waals surface area contributed by atoms with Crippen LogP contribution in [0.2, 0.25) is 0 Å². The lowest BCUT2D eigenvalue weighted by atomic mass is 9.84. The van der Waals surface area contributed by atoms with Crippen LogP contribution < -0.4 is 11.1 Å².